The molecule has 9 nitrogen and oxygen atoms in total. The van der Waals surface area contributed by atoms with Crippen molar-refractivity contribution >= 4 is 39.3 Å². The van der Waals surface area contributed by atoms with E-state index in [9.17, 15) is 14.9 Å². The summed E-state index contributed by atoms with van der Waals surface area (Å²) in [4.78, 5) is 32.4. The predicted molar refractivity (Wildman–Crippen MR) is 174 cm³/mol. The number of nitriles is 1. The van der Waals surface area contributed by atoms with Crippen LogP contribution in [0.2, 0.25) is 0 Å². The van der Waals surface area contributed by atoms with E-state index in [1.807, 2.05) is 43.3 Å². The van der Waals surface area contributed by atoms with Crippen LogP contribution in [0.4, 0.5) is 0 Å². The molecular formula is C34H30BrN3O6S. The van der Waals surface area contributed by atoms with Gasteiger partial charge in [0.15, 0.2) is 16.3 Å². The van der Waals surface area contributed by atoms with Crippen molar-refractivity contribution in [2.45, 2.75) is 33.4 Å². The van der Waals surface area contributed by atoms with Gasteiger partial charge >= 0.3 is 5.97 Å². The molecule has 11 heteroatoms. The predicted octanol–water partition coefficient (Wildman–Crippen LogP) is 5.42. The number of thiazole rings is 1. The van der Waals surface area contributed by atoms with Gasteiger partial charge in [-0.3, -0.25) is 9.36 Å². The zero-order valence-electron chi connectivity index (χ0n) is 25.1. The molecule has 230 valence electrons. The smallest absolute Gasteiger partial charge is 0.338 e. The number of ether oxygens (including phenoxy) is 4. The van der Waals surface area contributed by atoms with Gasteiger partial charge < -0.3 is 18.9 Å². The minimum absolute atomic E-state index is 0.180. The van der Waals surface area contributed by atoms with Crippen molar-refractivity contribution in [3.63, 3.8) is 0 Å². The molecule has 0 amide bonds. The summed E-state index contributed by atoms with van der Waals surface area (Å²) in [5.74, 6) is 1.10. The van der Waals surface area contributed by atoms with E-state index in [-0.39, 0.29) is 24.3 Å². The molecule has 0 N–H and O–H groups in total. The van der Waals surface area contributed by atoms with E-state index in [2.05, 4.69) is 27.0 Å². The third-order valence-corrected chi connectivity index (χ3v) is 8.70. The maximum atomic E-state index is 14.0. The topological polar surface area (TPSA) is 112 Å². The Morgan fingerprint density at radius 1 is 1.07 bits per heavy atom. The number of fused-ring (bicyclic) bond motifs is 1. The van der Waals surface area contributed by atoms with Crippen molar-refractivity contribution in [2.24, 2.45) is 4.99 Å². The molecule has 45 heavy (non-hydrogen) atoms. The molecule has 1 aromatic heterocycles. The lowest BCUT2D eigenvalue weighted by molar-refractivity contribution is -0.139. The summed E-state index contributed by atoms with van der Waals surface area (Å²) in [5, 5.41) is 9.36. The zero-order valence-corrected chi connectivity index (χ0v) is 27.5. The van der Waals surface area contributed by atoms with Gasteiger partial charge in [0.05, 0.1) is 58.3 Å². The normalized spacial score (nSPS) is 14.3. The first kappa shape index (κ1) is 31.8. The number of carbonyl (C=O) groups excluding carboxylic acids is 1. The summed E-state index contributed by atoms with van der Waals surface area (Å²) in [6, 6.07) is 19.5. The number of rotatable bonds is 10. The van der Waals surface area contributed by atoms with E-state index < -0.39 is 12.0 Å². The van der Waals surface area contributed by atoms with Gasteiger partial charge in [0.25, 0.3) is 5.56 Å². The number of methoxy groups -OCH3 is 1. The van der Waals surface area contributed by atoms with Gasteiger partial charge in [0.1, 0.15) is 12.4 Å². The Kier molecular flexibility index (Phi) is 9.86. The molecule has 5 rings (SSSR count). The molecule has 0 saturated carbocycles. The molecular weight excluding hydrogens is 658 g/mol. The van der Waals surface area contributed by atoms with Crippen LogP contribution in [0.5, 0.6) is 17.2 Å². The molecule has 1 atom stereocenters. The highest BCUT2D eigenvalue weighted by Gasteiger charge is 2.34. The minimum Gasteiger partial charge on any atom is -0.493 e. The van der Waals surface area contributed by atoms with Crippen LogP contribution in [0, 0.1) is 11.3 Å². The molecule has 0 saturated heterocycles. The van der Waals surface area contributed by atoms with Crippen LogP contribution in [-0.4, -0.2) is 30.9 Å². The average Bonchev–Trinajstić information content (AvgIpc) is 3.33. The largest absolute Gasteiger partial charge is 0.493 e. The third-order valence-electron chi connectivity index (χ3n) is 7.09. The van der Waals surface area contributed by atoms with E-state index in [1.54, 1.807) is 51.3 Å². The Hall–Kier alpha value is -4.66. The molecule has 4 aromatic rings. The van der Waals surface area contributed by atoms with Gasteiger partial charge in [-0.25, -0.2) is 9.79 Å². The maximum Gasteiger partial charge on any atom is 0.338 e. The van der Waals surface area contributed by atoms with Crippen LogP contribution < -0.4 is 29.1 Å². The maximum absolute atomic E-state index is 14.0. The van der Waals surface area contributed by atoms with Gasteiger partial charge in [-0.15, -0.1) is 0 Å². The number of benzene rings is 3. The first-order valence-electron chi connectivity index (χ1n) is 14.2. The van der Waals surface area contributed by atoms with Crippen molar-refractivity contribution in [3.05, 3.63) is 118 Å². The summed E-state index contributed by atoms with van der Waals surface area (Å²) in [6.45, 7) is 6.17. The number of nitrogens with zero attached hydrogens (tertiary/aromatic N) is 3. The summed E-state index contributed by atoms with van der Waals surface area (Å²) in [7, 11) is 1.56. The summed E-state index contributed by atoms with van der Waals surface area (Å²) >= 11 is 4.81. The Labute approximate surface area is 272 Å². The Morgan fingerprint density at radius 3 is 2.56 bits per heavy atom. The first-order valence-corrected chi connectivity index (χ1v) is 15.8. The lowest BCUT2D eigenvalue weighted by Crippen LogP contribution is -2.40. The van der Waals surface area contributed by atoms with E-state index in [0.29, 0.717) is 54.5 Å². The van der Waals surface area contributed by atoms with Crippen LogP contribution in [0.3, 0.4) is 0 Å². The molecule has 0 unspecified atom stereocenters. The zero-order chi connectivity index (χ0) is 32.1. The van der Waals surface area contributed by atoms with E-state index in [4.69, 9.17) is 18.9 Å². The number of esters is 1. The van der Waals surface area contributed by atoms with Gasteiger partial charge in [0.2, 0.25) is 0 Å². The van der Waals surface area contributed by atoms with E-state index in [1.165, 1.54) is 15.9 Å². The summed E-state index contributed by atoms with van der Waals surface area (Å²) in [5.41, 5.74) is 3.23. The number of hydrogen-bond acceptors (Lipinski definition) is 9. The van der Waals surface area contributed by atoms with Gasteiger partial charge in [-0.05, 0) is 84.2 Å². The molecule has 1 aliphatic heterocycles. The lowest BCUT2D eigenvalue weighted by Gasteiger charge is -2.25. The highest BCUT2D eigenvalue weighted by Crippen LogP contribution is 2.36. The second-order valence-electron chi connectivity index (χ2n) is 9.89. The molecule has 0 bridgehead atoms. The average molecular weight is 689 g/mol. The molecule has 0 aliphatic carbocycles. The van der Waals surface area contributed by atoms with Gasteiger partial charge in [0, 0.05) is 5.56 Å². The van der Waals surface area contributed by atoms with Crippen LogP contribution >= 0.6 is 27.3 Å². The van der Waals surface area contributed by atoms with Crippen LogP contribution in [0.15, 0.2) is 86.2 Å². The van der Waals surface area contributed by atoms with Crippen molar-refractivity contribution < 1.29 is 23.7 Å². The van der Waals surface area contributed by atoms with Crippen molar-refractivity contribution in [1.82, 2.24) is 4.57 Å². The Morgan fingerprint density at radius 2 is 1.84 bits per heavy atom. The van der Waals surface area contributed by atoms with Crippen LogP contribution in [0.1, 0.15) is 49.1 Å². The quantitative estimate of drug-likeness (QED) is 0.205. The van der Waals surface area contributed by atoms with E-state index >= 15 is 0 Å². The number of carbonyl (C=O) groups is 1. The van der Waals surface area contributed by atoms with Crippen molar-refractivity contribution in [2.75, 3.05) is 20.3 Å². The number of halogens is 1. The standard InChI is InChI=1S/C34H30BrN3O6S/c1-5-42-28-17-22(12-14-27(28)41-4)31-30(33(40)43-6-2)20(3)37-34-38(31)32(39)29(45-34)16-21-11-13-26(25(35)15-21)44-19-24-10-8-7-9-23(24)18-36/h7-17,31H,5-6,19H2,1-4H3/b29-16+/t31-/m1/s1. The third kappa shape index (κ3) is 6.57. The molecule has 0 spiro atoms. The SMILES string of the molecule is CCOC(=O)C1=C(C)N=c2s/c(=C/c3ccc(OCc4ccccc4C#N)c(Br)c3)c(=O)n2[C@@H]1c1ccc(OC)c(OCC)c1. The number of allylic oxidation sites excluding steroid dienone is 1. The second kappa shape index (κ2) is 14.0. The molecule has 0 radical (unpaired) electrons. The van der Waals surface area contributed by atoms with Crippen molar-refractivity contribution in [1.29, 1.82) is 5.26 Å². The molecule has 2 heterocycles. The fraction of sp³-hybridized carbons (Fsp3) is 0.235. The monoisotopic (exact) mass is 687 g/mol. The summed E-state index contributed by atoms with van der Waals surface area (Å²) < 4.78 is 25.3. The van der Waals surface area contributed by atoms with Gasteiger partial charge in [-0.2, -0.15) is 5.26 Å². The number of hydrogen-bond donors (Lipinski definition) is 0. The van der Waals surface area contributed by atoms with Gasteiger partial charge in [-0.1, -0.05) is 41.7 Å². The minimum atomic E-state index is -0.786. The fourth-order valence-electron chi connectivity index (χ4n) is 5.02. The highest BCUT2D eigenvalue weighted by molar-refractivity contribution is 9.10. The Balaban J connectivity index is 1.55. The molecule has 3 aromatic carbocycles. The lowest BCUT2D eigenvalue weighted by atomic mass is 9.95. The van der Waals surface area contributed by atoms with Crippen LogP contribution in [0.25, 0.3) is 6.08 Å². The second-order valence-corrected chi connectivity index (χ2v) is 11.8. The summed E-state index contributed by atoms with van der Waals surface area (Å²) in [6.07, 6.45) is 1.78. The Bertz CT molecular complexity index is 2020. The molecule has 1 aliphatic rings. The highest BCUT2D eigenvalue weighted by atomic mass is 79.9. The first-order chi connectivity index (χ1) is 21.8. The molecule has 0 fully saturated rings. The van der Waals surface area contributed by atoms with E-state index in [0.717, 1.165) is 11.1 Å². The van der Waals surface area contributed by atoms with Crippen molar-refractivity contribution in [3.8, 4) is 23.3 Å². The van der Waals surface area contributed by atoms with Crippen LogP contribution in [-0.2, 0) is 16.1 Å². The fourth-order valence-corrected chi connectivity index (χ4v) is 6.58. The number of aromatic nitrogens is 1.